The maximum atomic E-state index is 5.51. The number of guanidine groups is 1. The molecule has 0 spiro atoms. The Morgan fingerprint density at radius 3 is 2.79 bits per heavy atom. The fourth-order valence-electron chi connectivity index (χ4n) is 2.07. The Labute approximate surface area is 141 Å². The van der Waals surface area contributed by atoms with Crippen LogP contribution >= 0.6 is 0 Å². The average molecular weight is 333 g/mol. The van der Waals surface area contributed by atoms with Gasteiger partial charge in [-0.05, 0) is 26.0 Å². The molecule has 1 aromatic heterocycles. The van der Waals surface area contributed by atoms with E-state index in [0.29, 0.717) is 48.7 Å². The van der Waals surface area contributed by atoms with Crippen molar-refractivity contribution in [3.8, 4) is 11.5 Å². The number of anilines is 1. The zero-order chi connectivity index (χ0) is 17.4. The highest BCUT2D eigenvalue weighted by Crippen LogP contribution is 2.30. The number of benzene rings is 1. The van der Waals surface area contributed by atoms with E-state index < -0.39 is 0 Å². The van der Waals surface area contributed by atoms with Crippen molar-refractivity contribution in [3.05, 3.63) is 29.9 Å². The van der Waals surface area contributed by atoms with E-state index in [0.717, 1.165) is 5.69 Å². The number of aryl methyl sites for hydroxylation is 1. The molecule has 0 unspecified atom stereocenters. The highest BCUT2D eigenvalue weighted by Gasteiger charge is 2.07. The molecule has 0 aliphatic heterocycles. The van der Waals surface area contributed by atoms with Gasteiger partial charge in [0.1, 0.15) is 0 Å². The number of aliphatic imine (C=N–C) groups is 1. The van der Waals surface area contributed by atoms with Crippen LogP contribution in [0.15, 0.2) is 27.7 Å². The molecule has 0 atom stereocenters. The number of ether oxygens (including phenoxy) is 2. The van der Waals surface area contributed by atoms with Gasteiger partial charge >= 0.3 is 0 Å². The topological polar surface area (TPSA) is 93.8 Å². The van der Waals surface area contributed by atoms with Gasteiger partial charge in [-0.15, -0.1) is 0 Å². The second-order valence-corrected chi connectivity index (χ2v) is 4.91. The molecular formula is C16H23N5O3. The number of rotatable bonds is 7. The van der Waals surface area contributed by atoms with Gasteiger partial charge in [-0.3, -0.25) is 4.99 Å². The standard InChI is InChI=1S/C16H23N5O3/c1-5-23-13-7-6-12(10-14(13)22-4)20-16(17-3)18-9-8-15-19-11(2)21-24-15/h6-7,10H,5,8-9H2,1-4H3,(H2,17,18,20). The quantitative estimate of drug-likeness (QED) is 0.591. The molecular weight excluding hydrogens is 310 g/mol. The zero-order valence-corrected chi connectivity index (χ0v) is 14.4. The molecule has 0 fully saturated rings. The molecule has 0 bridgehead atoms. The lowest BCUT2D eigenvalue weighted by Crippen LogP contribution is -2.32. The molecule has 2 N–H and O–H groups in total. The Bertz CT molecular complexity index is 684. The van der Waals surface area contributed by atoms with Crippen molar-refractivity contribution < 1.29 is 14.0 Å². The first-order valence-corrected chi connectivity index (χ1v) is 7.74. The largest absolute Gasteiger partial charge is 0.493 e. The van der Waals surface area contributed by atoms with Gasteiger partial charge in [-0.25, -0.2) is 0 Å². The fourth-order valence-corrected chi connectivity index (χ4v) is 2.07. The van der Waals surface area contributed by atoms with Crippen LogP contribution in [0.5, 0.6) is 11.5 Å². The predicted octanol–water partition coefficient (Wildman–Crippen LogP) is 2.02. The third-order valence-corrected chi connectivity index (χ3v) is 3.15. The van der Waals surface area contributed by atoms with Crippen LogP contribution in [-0.4, -0.2) is 43.4 Å². The SMILES string of the molecule is CCOc1ccc(NC(=NC)NCCc2nc(C)no2)cc1OC. The lowest BCUT2D eigenvalue weighted by atomic mass is 10.2. The van der Waals surface area contributed by atoms with Crippen LogP contribution in [0.1, 0.15) is 18.6 Å². The number of hydrogen-bond acceptors (Lipinski definition) is 6. The summed E-state index contributed by atoms with van der Waals surface area (Å²) in [5.74, 6) is 3.24. The minimum Gasteiger partial charge on any atom is -0.493 e. The van der Waals surface area contributed by atoms with Crippen molar-refractivity contribution in [2.24, 2.45) is 4.99 Å². The first-order valence-electron chi connectivity index (χ1n) is 7.74. The lowest BCUT2D eigenvalue weighted by Gasteiger charge is -2.14. The average Bonchev–Trinajstić information content (AvgIpc) is 3.00. The molecule has 1 aromatic carbocycles. The summed E-state index contributed by atoms with van der Waals surface area (Å²) >= 11 is 0. The number of methoxy groups -OCH3 is 1. The van der Waals surface area contributed by atoms with Crippen LogP contribution in [0.4, 0.5) is 5.69 Å². The molecule has 8 heteroatoms. The lowest BCUT2D eigenvalue weighted by molar-refractivity contribution is 0.311. The summed E-state index contributed by atoms with van der Waals surface area (Å²) < 4.78 is 15.9. The molecule has 0 amide bonds. The Morgan fingerprint density at radius 1 is 1.33 bits per heavy atom. The number of nitrogens with zero attached hydrogens (tertiary/aromatic N) is 3. The van der Waals surface area contributed by atoms with Gasteiger partial charge in [-0.1, -0.05) is 5.16 Å². The summed E-state index contributed by atoms with van der Waals surface area (Å²) in [6, 6.07) is 5.63. The number of aromatic nitrogens is 2. The van der Waals surface area contributed by atoms with Crippen LogP contribution in [0.2, 0.25) is 0 Å². The van der Waals surface area contributed by atoms with Crippen LogP contribution in [0, 0.1) is 6.92 Å². The summed E-state index contributed by atoms with van der Waals surface area (Å²) in [6.45, 7) is 4.93. The highest BCUT2D eigenvalue weighted by molar-refractivity contribution is 5.93. The van der Waals surface area contributed by atoms with Gasteiger partial charge in [0.05, 0.1) is 13.7 Å². The van der Waals surface area contributed by atoms with E-state index in [1.165, 1.54) is 0 Å². The van der Waals surface area contributed by atoms with Crippen LogP contribution in [-0.2, 0) is 6.42 Å². The highest BCUT2D eigenvalue weighted by atomic mass is 16.5. The molecule has 0 saturated heterocycles. The smallest absolute Gasteiger partial charge is 0.228 e. The molecule has 2 aromatic rings. The molecule has 8 nitrogen and oxygen atoms in total. The van der Waals surface area contributed by atoms with Crippen molar-refractivity contribution >= 4 is 11.6 Å². The van der Waals surface area contributed by atoms with Crippen LogP contribution in [0.25, 0.3) is 0 Å². The second-order valence-electron chi connectivity index (χ2n) is 4.91. The Balaban J connectivity index is 1.92. The molecule has 0 aliphatic rings. The first-order chi connectivity index (χ1) is 11.7. The summed E-state index contributed by atoms with van der Waals surface area (Å²) in [7, 11) is 3.32. The first kappa shape index (κ1) is 17.6. The van der Waals surface area contributed by atoms with Gasteiger partial charge in [-0.2, -0.15) is 4.98 Å². The van der Waals surface area contributed by atoms with E-state index in [9.17, 15) is 0 Å². The van der Waals surface area contributed by atoms with Gasteiger partial charge < -0.3 is 24.6 Å². The summed E-state index contributed by atoms with van der Waals surface area (Å²) in [5.41, 5.74) is 0.844. The maximum Gasteiger partial charge on any atom is 0.228 e. The number of nitrogens with one attached hydrogen (secondary N) is 2. The number of hydrogen-bond donors (Lipinski definition) is 2. The third-order valence-electron chi connectivity index (χ3n) is 3.15. The summed E-state index contributed by atoms with van der Waals surface area (Å²) in [5, 5.41) is 10.2. The van der Waals surface area contributed by atoms with Crippen molar-refractivity contribution in [2.45, 2.75) is 20.3 Å². The third kappa shape index (κ3) is 4.87. The Kier molecular flexibility index (Phi) is 6.41. The van der Waals surface area contributed by atoms with Gasteiger partial charge in [0, 0.05) is 31.8 Å². The molecule has 1 heterocycles. The van der Waals surface area contributed by atoms with Gasteiger partial charge in [0.2, 0.25) is 5.89 Å². The molecule has 0 radical (unpaired) electrons. The second kappa shape index (κ2) is 8.76. The van der Waals surface area contributed by atoms with Crippen molar-refractivity contribution in [2.75, 3.05) is 32.6 Å². The van der Waals surface area contributed by atoms with Crippen LogP contribution < -0.4 is 20.1 Å². The normalized spacial score (nSPS) is 11.2. The van der Waals surface area contributed by atoms with E-state index in [-0.39, 0.29) is 0 Å². The van der Waals surface area contributed by atoms with E-state index >= 15 is 0 Å². The minimum atomic E-state index is 0.585. The Morgan fingerprint density at radius 2 is 2.17 bits per heavy atom. The van der Waals surface area contributed by atoms with Gasteiger partial charge in [0.15, 0.2) is 23.3 Å². The Hall–Kier alpha value is -2.77. The minimum absolute atomic E-state index is 0.585. The van der Waals surface area contributed by atoms with Crippen molar-refractivity contribution in [1.82, 2.24) is 15.5 Å². The predicted molar refractivity (Wildman–Crippen MR) is 91.9 cm³/mol. The van der Waals surface area contributed by atoms with Crippen LogP contribution in [0.3, 0.4) is 0 Å². The summed E-state index contributed by atoms with van der Waals surface area (Å²) in [6.07, 6.45) is 0.619. The van der Waals surface area contributed by atoms with Gasteiger partial charge in [0.25, 0.3) is 0 Å². The summed E-state index contributed by atoms with van der Waals surface area (Å²) in [4.78, 5) is 8.35. The van der Waals surface area contributed by atoms with E-state index in [2.05, 4.69) is 25.8 Å². The zero-order valence-electron chi connectivity index (χ0n) is 14.4. The molecule has 130 valence electrons. The van der Waals surface area contributed by atoms with Crippen molar-refractivity contribution in [3.63, 3.8) is 0 Å². The van der Waals surface area contributed by atoms with E-state index in [1.807, 2.05) is 25.1 Å². The molecule has 0 saturated carbocycles. The monoisotopic (exact) mass is 333 g/mol. The van der Waals surface area contributed by atoms with E-state index in [4.69, 9.17) is 14.0 Å². The van der Waals surface area contributed by atoms with E-state index in [1.54, 1.807) is 21.1 Å². The molecule has 2 rings (SSSR count). The molecule has 0 aliphatic carbocycles. The fraction of sp³-hybridized carbons (Fsp3) is 0.438. The van der Waals surface area contributed by atoms with Crippen molar-refractivity contribution in [1.29, 1.82) is 0 Å². The maximum absolute atomic E-state index is 5.51. The molecule has 24 heavy (non-hydrogen) atoms.